The molecule has 1 aromatic heterocycles. The van der Waals surface area contributed by atoms with E-state index in [4.69, 9.17) is 9.47 Å². The molecular weight excluding hydrogens is 468 g/mol. The van der Waals surface area contributed by atoms with Gasteiger partial charge in [-0.15, -0.1) is 10.2 Å². The average molecular weight is 487 g/mol. The van der Waals surface area contributed by atoms with Crippen molar-refractivity contribution in [1.82, 2.24) is 15.2 Å². The topological polar surface area (TPSA) is 77.4 Å². The van der Waals surface area contributed by atoms with E-state index in [1.165, 1.54) is 18.7 Å². The van der Waals surface area contributed by atoms with Crippen molar-refractivity contribution in [2.75, 3.05) is 17.8 Å². The highest BCUT2D eigenvalue weighted by Gasteiger charge is 2.35. The Bertz CT molecular complexity index is 1110. The number of fused-ring (bicyclic) bond motifs is 3. The number of ether oxygens (including phenoxy) is 2. The molecule has 1 aliphatic rings. The molecule has 0 aliphatic carbocycles. The highest BCUT2D eigenvalue weighted by molar-refractivity contribution is 9.10. The fourth-order valence-corrected chi connectivity index (χ4v) is 4.05. The van der Waals surface area contributed by atoms with E-state index in [2.05, 4.69) is 31.1 Å². The van der Waals surface area contributed by atoms with Crippen molar-refractivity contribution in [3.8, 4) is 22.9 Å². The van der Waals surface area contributed by atoms with Crippen molar-refractivity contribution in [2.24, 2.45) is 0 Å². The van der Waals surface area contributed by atoms with Gasteiger partial charge in [0.05, 0.1) is 12.3 Å². The molecule has 2 heterocycles. The van der Waals surface area contributed by atoms with E-state index in [9.17, 15) is 4.79 Å². The zero-order valence-electron chi connectivity index (χ0n) is 16.6. The molecule has 7 nitrogen and oxygen atoms in total. The van der Waals surface area contributed by atoms with Crippen molar-refractivity contribution in [1.29, 1.82) is 0 Å². The Labute approximate surface area is 186 Å². The number of hydrogen-bond acceptors (Lipinski definition) is 7. The highest BCUT2D eigenvalue weighted by atomic mass is 79.9. The van der Waals surface area contributed by atoms with Crippen LogP contribution >= 0.6 is 27.7 Å². The van der Waals surface area contributed by atoms with E-state index in [1.807, 2.05) is 55.6 Å². The van der Waals surface area contributed by atoms with Crippen LogP contribution in [0.25, 0.3) is 11.3 Å². The smallest absolute Gasteiger partial charge is 0.247 e. The number of halogens is 1. The van der Waals surface area contributed by atoms with Crippen LogP contribution in [0.2, 0.25) is 0 Å². The van der Waals surface area contributed by atoms with Crippen LogP contribution < -0.4 is 14.4 Å². The third-order valence-corrected chi connectivity index (χ3v) is 5.84. The van der Waals surface area contributed by atoms with Crippen LogP contribution in [-0.4, -0.2) is 34.0 Å². The van der Waals surface area contributed by atoms with Crippen molar-refractivity contribution in [3.63, 3.8) is 0 Å². The van der Waals surface area contributed by atoms with Gasteiger partial charge in [0.1, 0.15) is 5.75 Å². The summed E-state index contributed by atoms with van der Waals surface area (Å²) in [5.41, 5.74) is 2.64. The number of thioether (sulfide) groups is 1. The van der Waals surface area contributed by atoms with Crippen LogP contribution in [0.15, 0.2) is 52.1 Å². The van der Waals surface area contributed by atoms with Gasteiger partial charge in [-0.3, -0.25) is 9.69 Å². The Morgan fingerprint density at radius 2 is 2.07 bits per heavy atom. The molecule has 9 heteroatoms. The van der Waals surface area contributed by atoms with Gasteiger partial charge in [-0.25, -0.2) is 0 Å². The van der Waals surface area contributed by atoms with Gasteiger partial charge < -0.3 is 9.47 Å². The van der Waals surface area contributed by atoms with Crippen molar-refractivity contribution >= 4 is 39.3 Å². The third-order valence-electron chi connectivity index (χ3n) is 4.58. The standard InChI is InChI=1S/C21H19BrN4O3S/c1-4-28-13-9-10-16(22)15(11-13)20-26(12(2)27)17-8-6-5-7-14(17)18-19(29-20)23-21(30-3)25-24-18/h5-11,20H,4H2,1-3H3/t20-/m0/s1. The van der Waals surface area contributed by atoms with Crippen LogP contribution in [0, 0.1) is 0 Å². The summed E-state index contributed by atoms with van der Waals surface area (Å²) < 4.78 is 12.8. The number of para-hydroxylation sites is 1. The monoisotopic (exact) mass is 486 g/mol. The van der Waals surface area contributed by atoms with Crippen molar-refractivity contribution in [2.45, 2.75) is 25.2 Å². The second-order valence-electron chi connectivity index (χ2n) is 6.44. The molecule has 3 aromatic rings. The Kier molecular flexibility index (Phi) is 5.92. The largest absolute Gasteiger partial charge is 0.494 e. The maximum absolute atomic E-state index is 12.8. The summed E-state index contributed by atoms with van der Waals surface area (Å²) >= 11 is 4.97. The highest BCUT2D eigenvalue weighted by Crippen LogP contribution is 2.44. The van der Waals surface area contributed by atoms with Crippen LogP contribution in [0.4, 0.5) is 5.69 Å². The predicted molar refractivity (Wildman–Crippen MR) is 119 cm³/mol. The zero-order valence-corrected chi connectivity index (χ0v) is 19.0. The molecule has 0 radical (unpaired) electrons. The summed E-state index contributed by atoms with van der Waals surface area (Å²) in [6.45, 7) is 3.96. The lowest BCUT2D eigenvalue weighted by atomic mass is 10.1. The maximum atomic E-state index is 12.8. The first-order valence-corrected chi connectivity index (χ1v) is 11.3. The van der Waals surface area contributed by atoms with Crippen molar-refractivity contribution < 1.29 is 14.3 Å². The van der Waals surface area contributed by atoms with Crippen LogP contribution in [0.1, 0.15) is 25.6 Å². The summed E-state index contributed by atoms with van der Waals surface area (Å²) in [6.07, 6.45) is 1.10. The molecule has 0 saturated heterocycles. The number of benzene rings is 2. The minimum Gasteiger partial charge on any atom is -0.494 e. The fraction of sp³-hybridized carbons (Fsp3) is 0.238. The lowest BCUT2D eigenvalue weighted by Gasteiger charge is -2.30. The second kappa shape index (κ2) is 8.61. The summed E-state index contributed by atoms with van der Waals surface area (Å²) in [7, 11) is 0. The maximum Gasteiger partial charge on any atom is 0.247 e. The number of nitrogens with zero attached hydrogens (tertiary/aromatic N) is 4. The number of carbonyl (C=O) groups is 1. The van der Waals surface area contributed by atoms with E-state index in [1.54, 1.807) is 4.90 Å². The van der Waals surface area contributed by atoms with Gasteiger partial charge in [-0.1, -0.05) is 45.9 Å². The quantitative estimate of drug-likeness (QED) is 0.486. The molecule has 1 aliphatic heterocycles. The summed E-state index contributed by atoms with van der Waals surface area (Å²) in [5, 5.41) is 9.00. The molecule has 0 saturated carbocycles. The Morgan fingerprint density at radius 1 is 1.27 bits per heavy atom. The minimum absolute atomic E-state index is 0.174. The first-order valence-electron chi connectivity index (χ1n) is 9.30. The average Bonchev–Trinajstić information content (AvgIpc) is 2.89. The molecule has 1 amide bonds. The summed E-state index contributed by atoms with van der Waals surface area (Å²) in [5.74, 6) is 0.836. The lowest BCUT2D eigenvalue weighted by molar-refractivity contribution is -0.118. The molecule has 0 unspecified atom stereocenters. The molecule has 0 bridgehead atoms. The van der Waals surface area contributed by atoms with E-state index < -0.39 is 6.23 Å². The minimum atomic E-state index is -0.772. The van der Waals surface area contributed by atoms with E-state index in [0.29, 0.717) is 34.8 Å². The van der Waals surface area contributed by atoms with Crippen molar-refractivity contribution in [3.05, 3.63) is 52.5 Å². The number of amides is 1. The van der Waals surface area contributed by atoms with E-state index >= 15 is 0 Å². The Balaban J connectivity index is 1.96. The first-order chi connectivity index (χ1) is 14.5. The fourth-order valence-electron chi connectivity index (χ4n) is 3.31. The molecule has 30 heavy (non-hydrogen) atoms. The number of rotatable bonds is 4. The summed E-state index contributed by atoms with van der Waals surface area (Å²) in [4.78, 5) is 19.0. The molecule has 1 atom stereocenters. The zero-order chi connectivity index (χ0) is 21.3. The van der Waals surface area contributed by atoms with Crippen LogP contribution in [0.3, 0.4) is 0 Å². The van der Waals surface area contributed by atoms with Crippen LogP contribution in [0.5, 0.6) is 11.6 Å². The predicted octanol–water partition coefficient (Wildman–Crippen LogP) is 4.87. The normalized spacial score (nSPS) is 14.9. The van der Waals surface area contributed by atoms with Gasteiger partial charge in [0.15, 0.2) is 5.69 Å². The molecule has 2 aromatic carbocycles. The van der Waals surface area contributed by atoms with Gasteiger partial charge in [-0.2, -0.15) is 4.98 Å². The van der Waals surface area contributed by atoms with Gasteiger partial charge >= 0.3 is 0 Å². The number of hydrogen-bond donors (Lipinski definition) is 0. The molecule has 0 spiro atoms. The van der Waals surface area contributed by atoms with Gasteiger partial charge in [-0.05, 0) is 37.4 Å². The molecular formula is C21H19BrN4O3S. The van der Waals surface area contributed by atoms with Gasteiger partial charge in [0, 0.05) is 22.5 Å². The first kappa shape index (κ1) is 20.6. The second-order valence-corrected chi connectivity index (χ2v) is 8.07. The summed E-state index contributed by atoms with van der Waals surface area (Å²) in [6, 6.07) is 13.1. The van der Waals surface area contributed by atoms with Crippen LogP contribution in [-0.2, 0) is 4.79 Å². The molecule has 4 rings (SSSR count). The molecule has 0 N–H and O–H groups in total. The SMILES string of the molecule is CCOc1ccc(Br)c([C@@H]2Oc3nc(SC)nnc3-c3ccccc3N2C(C)=O)c1. The molecule has 0 fully saturated rings. The third kappa shape index (κ3) is 3.75. The lowest BCUT2D eigenvalue weighted by Crippen LogP contribution is -2.36. The Morgan fingerprint density at radius 3 is 2.80 bits per heavy atom. The number of anilines is 1. The van der Waals surface area contributed by atoms with Gasteiger partial charge in [0.25, 0.3) is 0 Å². The van der Waals surface area contributed by atoms with E-state index in [-0.39, 0.29) is 5.91 Å². The van der Waals surface area contributed by atoms with E-state index in [0.717, 1.165) is 15.6 Å². The number of aromatic nitrogens is 3. The number of carbonyl (C=O) groups excluding carboxylic acids is 1. The van der Waals surface area contributed by atoms with Gasteiger partial charge in [0.2, 0.25) is 23.2 Å². The Hall–Kier alpha value is -2.65. The molecule has 154 valence electrons.